The molecule has 2 rings (SSSR count). The summed E-state index contributed by atoms with van der Waals surface area (Å²) in [6.07, 6.45) is 4.03. The van der Waals surface area contributed by atoms with E-state index in [2.05, 4.69) is 20.4 Å². The van der Waals surface area contributed by atoms with Gasteiger partial charge in [-0.25, -0.2) is 0 Å². The third-order valence-electron chi connectivity index (χ3n) is 4.85. The molecular formula is C15H25NO3. The third-order valence-corrected chi connectivity index (χ3v) is 4.85. The fourth-order valence-corrected chi connectivity index (χ4v) is 3.41. The summed E-state index contributed by atoms with van der Waals surface area (Å²) in [7, 11) is 0. The van der Waals surface area contributed by atoms with Crippen LogP contribution in [0.25, 0.3) is 0 Å². The lowest BCUT2D eigenvalue weighted by molar-refractivity contribution is -0.259. The molecule has 108 valence electrons. The Balaban J connectivity index is 2.18. The van der Waals surface area contributed by atoms with E-state index in [9.17, 15) is 4.79 Å². The molecule has 0 bridgehead atoms. The van der Waals surface area contributed by atoms with Gasteiger partial charge in [0.15, 0.2) is 5.79 Å². The first-order chi connectivity index (χ1) is 8.89. The van der Waals surface area contributed by atoms with Gasteiger partial charge in [-0.1, -0.05) is 19.1 Å². The van der Waals surface area contributed by atoms with Crippen LogP contribution in [-0.2, 0) is 14.3 Å². The number of ether oxygens (including phenoxy) is 2. The molecule has 1 heterocycles. The maximum Gasteiger partial charge on any atom is 0.217 e. The van der Waals surface area contributed by atoms with Crippen LogP contribution >= 0.6 is 0 Å². The monoisotopic (exact) mass is 267 g/mol. The van der Waals surface area contributed by atoms with Crippen molar-refractivity contribution in [2.45, 2.75) is 51.7 Å². The van der Waals surface area contributed by atoms with Gasteiger partial charge >= 0.3 is 0 Å². The molecule has 2 atom stereocenters. The number of amides is 1. The van der Waals surface area contributed by atoms with Crippen molar-refractivity contribution in [3.8, 4) is 0 Å². The van der Waals surface area contributed by atoms with Crippen LogP contribution in [0.15, 0.2) is 12.2 Å². The van der Waals surface area contributed by atoms with E-state index < -0.39 is 5.79 Å². The molecule has 4 nitrogen and oxygen atoms in total. The highest BCUT2D eigenvalue weighted by molar-refractivity contribution is 5.73. The molecule has 1 aliphatic heterocycles. The highest BCUT2D eigenvalue weighted by Gasteiger charge is 2.55. The minimum Gasteiger partial charge on any atom is -0.370 e. The van der Waals surface area contributed by atoms with Crippen molar-refractivity contribution in [3.05, 3.63) is 12.2 Å². The Labute approximate surface area is 115 Å². The predicted octanol–water partition coefficient (Wildman–Crippen LogP) is 2.38. The number of primary amides is 1. The molecular weight excluding hydrogens is 242 g/mol. The number of carbonyl (C=O) groups excluding carboxylic acids is 1. The zero-order chi connectivity index (χ0) is 14.1. The van der Waals surface area contributed by atoms with Crippen molar-refractivity contribution in [1.82, 2.24) is 0 Å². The molecule has 0 aromatic carbocycles. The van der Waals surface area contributed by atoms with Crippen molar-refractivity contribution >= 4 is 5.91 Å². The van der Waals surface area contributed by atoms with Crippen LogP contribution in [0, 0.1) is 11.3 Å². The van der Waals surface area contributed by atoms with Crippen molar-refractivity contribution in [3.63, 3.8) is 0 Å². The molecule has 0 unspecified atom stereocenters. The molecule has 2 fully saturated rings. The summed E-state index contributed by atoms with van der Waals surface area (Å²) in [5.74, 6) is -0.360. The number of carbonyl (C=O) groups is 1. The minimum absolute atomic E-state index is 0.134. The Morgan fingerprint density at radius 1 is 1.42 bits per heavy atom. The summed E-state index contributed by atoms with van der Waals surface area (Å²) in [6.45, 7) is 9.57. The first kappa shape index (κ1) is 14.5. The molecule has 2 N–H and O–H groups in total. The fraction of sp³-hybridized carbons (Fsp3) is 0.800. The average Bonchev–Trinajstić information content (AvgIpc) is 2.80. The molecule has 1 saturated heterocycles. The highest BCUT2D eigenvalue weighted by Crippen LogP contribution is 2.54. The van der Waals surface area contributed by atoms with Crippen LogP contribution in [0.4, 0.5) is 0 Å². The average molecular weight is 267 g/mol. The van der Waals surface area contributed by atoms with E-state index in [4.69, 9.17) is 15.2 Å². The van der Waals surface area contributed by atoms with Crippen LogP contribution < -0.4 is 5.73 Å². The Kier molecular flexibility index (Phi) is 4.02. The molecule has 1 spiro atoms. The van der Waals surface area contributed by atoms with E-state index in [0.29, 0.717) is 25.6 Å². The summed E-state index contributed by atoms with van der Waals surface area (Å²) in [6, 6.07) is 0. The molecule has 0 aromatic heterocycles. The summed E-state index contributed by atoms with van der Waals surface area (Å²) >= 11 is 0. The molecule has 1 aliphatic carbocycles. The normalized spacial score (nSPS) is 33.5. The van der Waals surface area contributed by atoms with Crippen LogP contribution in [0.5, 0.6) is 0 Å². The number of hydrogen-bond acceptors (Lipinski definition) is 3. The summed E-state index contributed by atoms with van der Waals surface area (Å²) in [4.78, 5) is 11.1. The van der Waals surface area contributed by atoms with Gasteiger partial charge in [0.2, 0.25) is 5.91 Å². The standard InChI is InChI=1S/C15H25NO3/c1-11(2)12-4-6-14(3,7-5-13(16)17)15(10-12)18-8-9-19-15/h12H,1,4-10H2,2-3H3,(H2,16,17)/t12-,14-/m0/s1. The Hall–Kier alpha value is -0.870. The Morgan fingerprint density at radius 2 is 2.05 bits per heavy atom. The molecule has 1 amide bonds. The van der Waals surface area contributed by atoms with E-state index in [1.807, 2.05) is 0 Å². The molecule has 2 aliphatic rings. The van der Waals surface area contributed by atoms with E-state index >= 15 is 0 Å². The lowest BCUT2D eigenvalue weighted by Gasteiger charge is -2.50. The molecule has 0 aromatic rings. The quantitative estimate of drug-likeness (QED) is 0.795. The lowest BCUT2D eigenvalue weighted by atomic mass is 9.63. The van der Waals surface area contributed by atoms with Crippen molar-refractivity contribution in [2.75, 3.05) is 13.2 Å². The summed E-state index contributed by atoms with van der Waals surface area (Å²) in [5.41, 5.74) is 6.35. The maximum absolute atomic E-state index is 11.1. The second kappa shape index (κ2) is 5.25. The number of nitrogens with two attached hydrogens (primary N) is 1. The van der Waals surface area contributed by atoms with E-state index in [-0.39, 0.29) is 11.3 Å². The van der Waals surface area contributed by atoms with Gasteiger partial charge in [-0.15, -0.1) is 0 Å². The first-order valence-corrected chi connectivity index (χ1v) is 7.10. The molecule has 1 saturated carbocycles. The van der Waals surface area contributed by atoms with Gasteiger partial charge < -0.3 is 15.2 Å². The van der Waals surface area contributed by atoms with E-state index in [0.717, 1.165) is 25.7 Å². The smallest absolute Gasteiger partial charge is 0.217 e. The second-order valence-electron chi connectivity index (χ2n) is 6.26. The first-order valence-electron chi connectivity index (χ1n) is 7.10. The van der Waals surface area contributed by atoms with Crippen LogP contribution in [0.1, 0.15) is 46.0 Å². The largest absolute Gasteiger partial charge is 0.370 e. The number of allylic oxidation sites excluding steroid dienone is 1. The van der Waals surface area contributed by atoms with Gasteiger partial charge in [-0.3, -0.25) is 4.79 Å². The SMILES string of the molecule is C=C(C)[C@H]1CC[C@@](C)(CCC(N)=O)C2(C1)OCCO2. The minimum atomic E-state index is -0.551. The van der Waals surface area contributed by atoms with Gasteiger partial charge in [0.25, 0.3) is 0 Å². The van der Waals surface area contributed by atoms with Crippen LogP contribution in [0.3, 0.4) is 0 Å². The van der Waals surface area contributed by atoms with Gasteiger partial charge in [0.05, 0.1) is 13.2 Å². The molecule has 19 heavy (non-hydrogen) atoms. The molecule has 4 heteroatoms. The van der Waals surface area contributed by atoms with Crippen molar-refractivity contribution in [2.24, 2.45) is 17.1 Å². The zero-order valence-corrected chi connectivity index (χ0v) is 12.0. The summed E-state index contributed by atoms with van der Waals surface area (Å²) in [5, 5.41) is 0. The number of hydrogen-bond donors (Lipinski definition) is 1. The Morgan fingerprint density at radius 3 is 2.58 bits per heavy atom. The topological polar surface area (TPSA) is 61.6 Å². The van der Waals surface area contributed by atoms with Crippen molar-refractivity contribution < 1.29 is 14.3 Å². The third kappa shape index (κ3) is 2.70. The maximum atomic E-state index is 11.1. The highest BCUT2D eigenvalue weighted by atomic mass is 16.7. The van der Waals surface area contributed by atoms with Crippen molar-refractivity contribution in [1.29, 1.82) is 0 Å². The van der Waals surface area contributed by atoms with E-state index in [1.165, 1.54) is 5.57 Å². The lowest BCUT2D eigenvalue weighted by Crippen LogP contribution is -2.52. The Bertz CT molecular complexity index is 374. The van der Waals surface area contributed by atoms with Gasteiger partial charge in [-0.05, 0) is 32.1 Å². The van der Waals surface area contributed by atoms with Crippen LogP contribution in [0.2, 0.25) is 0 Å². The molecule has 0 radical (unpaired) electrons. The fourth-order valence-electron chi connectivity index (χ4n) is 3.41. The van der Waals surface area contributed by atoms with Gasteiger partial charge in [0.1, 0.15) is 0 Å². The zero-order valence-electron chi connectivity index (χ0n) is 12.0. The second-order valence-corrected chi connectivity index (χ2v) is 6.26. The summed E-state index contributed by atoms with van der Waals surface area (Å²) < 4.78 is 12.0. The van der Waals surface area contributed by atoms with Crippen LogP contribution in [-0.4, -0.2) is 24.9 Å². The predicted molar refractivity (Wildman–Crippen MR) is 73.3 cm³/mol. The van der Waals surface area contributed by atoms with Gasteiger partial charge in [-0.2, -0.15) is 0 Å². The number of rotatable bonds is 4. The van der Waals surface area contributed by atoms with E-state index in [1.54, 1.807) is 0 Å². The van der Waals surface area contributed by atoms with Gasteiger partial charge in [0, 0.05) is 18.3 Å².